The topological polar surface area (TPSA) is 138 Å². The summed E-state index contributed by atoms with van der Waals surface area (Å²) < 4.78 is 34.7. The number of aryl methyl sites for hydroxylation is 1. The molecule has 2 aromatic heterocycles. The van der Waals surface area contributed by atoms with Gasteiger partial charge in [0, 0.05) is 72.2 Å². The molecular weight excluding hydrogens is 757 g/mol. The molecule has 0 radical (unpaired) electrons. The van der Waals surface area contributed by atoms with Gasteiger partial charge in [-0.1, -0.05) is 0 Å². The van der Waals surface area contributed by atoms with Crippen molar-refractivity contribution in [3.8, 4) is 0 Å². The van der Waals surface area contributed by atoms with Gasteiger partial charge in [0.1, 0.15) is 22.8 Å². The molecule has 3 N–H and O–H groups in total. The van der Waals surface area contributed by atoms with Gasteiger partial charge in [-0.3, -0.25) is 14.5 Å². The van der Waals surface area contributed by atoms with Crippen molar-refractivity contribution < 1.29 is 32.6 Å². The highest BCUT2D eigenvalue weighted by atomic mass is 32.2. The number of aromatic amines is 1. The molecule has 0 spiro atoms. The summed E-state index contributed by atoms with van der Waals surface area (Å²) in [5.41, 5.74) is 5.75. The van der Waals surface area contributed by atoms with Crippen LogP contribution in [-0.4, -0.2) is 91.4 Å². The highest BCUT2D eigenvalue weighted by Gasteiger charge is 2.55. The number of carbonyl (C=O) groups is 3. The Morgan fingerprint density at radius 3 is 2.43 bits per heavy atom. The minimum Gasteiger partial charge on any atom is -0.477 e. The van der Waals surface area contributed by atoms with Gasteiger partial charge >= 0.3 is 12.9 Å². The molecule has 4 aliphatic rings. The van der Waals surface area contributed by atoms with E-state index in [2.05, 4.69) is 20.5 Å². The van der Waals surface area contributed by atoms with Crippen LogP contribution < -0.4 is 10.2 Å². The third-order valence-electron chi connectivity index (χ3n) is 10.2. The number of hydrogen-bond acceptors (Lipinski definition) is 8. The van der Waals surface area contributed by atoms with Gasteiger partial charge in [0.15, 0.2) is 11.4 Å². The van der Waals surface area contributed by atoms with E-state index in [-0.39, 0.29) is 18.5 Å². The van der Waals surface area contributed by atoms with Crippen LogP contribution >= 0.6 is 23.5 Å². The van der Waals surface area contributed by atoms with Gasteiger partial charge < -0.3 is 37.9 Å². The molecule has 2 aromatic carbocycles. The second-order valence-electron chi connectivity index (χ2n) is 14.0. The van der Waals surface area contributed by atoms with Crippen LogP contribution in [0.5, 0.6) is 0 Å². The predicted octanol–water partition coefficient (Wildman–Crippen LogP) is 6.80. The number of amides is 2. The molecule has 4 aliphatic heterocycles. The maximum atomic E-state index is 16.3. The third-order valence-corrected chi connectivity index (χ3v) is 12.6. The molecule has 0 bridgehead atoms. The largest absolute Gasteiger partial charge is 0.737 e. The number of nitrogens with zero attached hydrogens (tertiary/aromatic N) is 6. The van der Waals surface area contributed by atoms with Crippen LogP contribution in [0.4, 0.5) is 25.7 Å². The van der Waals surface area contributed by atoms with Crippen molar-refractivity contribution in [2.24, 2.45) is 10.2 Å². The van der Waals surface area contributed by atoms with Crippen molar-refractivity contribution in [1.29, 1.82) is 0 Å². The van der Waals surface area contributed by atoms with Crippen LogP contribution in [0.3, 0.4) is 0 Å². The lowest BCUT2D eigenvalue weighted by Crippen LogP contribution is -2.70. The van der Waals surface area contributed by atoms with Gasteiger partial charge in [-0.2, -0.15) is 10.2 Å². The number of halogens is 2. The van der Waals surface area contributed by atoms with Gasteiger partial charge in [0.2, 0.25) is 5.91 Å². The maximum Gasteiger partial charge on any atom is 0.737 e. The van der Waals surface area contributed by atoms with Crippen molar-refractivity contribution in [3.05, 3.63) is 125 Å². The maximum absolute atomic E-state index is 16.3. The lowest BCUT2D eigenvalue weighted by Gasteiger charge is -2.49. The summed E-state index contributed by atoms with van der Waals surface area (Å²) in [6.07, 6.45) is 5.04. The highest BCUT2D eigenvalue weighted by Crippen LogP contribution is 2.42. The van der Waals surface area contributed by atoms with Crippen molar-refractivity contribution in [1.82, 2.24) is 19.7 Å². The zero-order chi connectivity index (χ0) is 39.3. The van der Waals surface area contributed by atoms with Crippen LogP contribution in [0, 0.1) is 0 Å². The average Bonchev–Trinajstić information content (AvgIpc) is 3.95. The molecule has 4 aromatic rings. The van der Waals surface area contributed by atoms with Crippen molar-refractivity contribution in [2.75, 3.05) is 30.5 Å². The summed E-state index contributed by atoms with van der Waals surface area (Å²) in [5, 5.41) is 20.9. The molecule has 2 atom stereocenters. The Labute approximate surface area is 329 Å². The van der Waals surface area contributed by atoms with E-state index in [1.165, 1.54) is 28.4 Å². The monoisotopic (exact) mass is 794 g/mol. The van der Waals surface area contributed by atoms with Crippen LogP contribution in [0.15, 0.2) is 123 Å². The van der Waals surface area contributed by atoms with Crippen molar-refractivity contribution in [2.45, 2.75) is 36.1 Å². The van der Waals surface area contributed by atoms with Crippen LogP contribution in [0.2, 0.25) is 0 Å². The number of rotatable bonds is 12. The summed E-state index contributed by atoms with van der Waals surface area (Å²) in [6, 6.07) is 21.0. The fourth-order valence-electron chi connectivity index (χ4n) is 7.34. The van der Waals surface area contributed by atoms with E-state index in [1.807, 2.05) is 67.5 Å². The number of aliphatic carboxylic acids is 1. The number of carboxylic acid groups (broad SMARTS) is 1. The molecule has 17 heteroatoms. The average molecular weight is 795 g/mol. The molecule has 6 heterocycles. The standard InChI is InChI=1S/C39H37BF2N8O4S2/c1-23-19-33(31-5-4-18-43-31)50-32(23)20-29-13-12-28(49(29)40(50,41)42)14-17-34(51)44-35-37(52)48-36(39(53)54)24(22-56-38(35)48)21-55-30-15-8-26(9-16-30)46-45-25-6-10-27(11-7-25)47(2)3/h4-13,15-16,18-20,35,38,43H,14,17,21-22H2,1-3H3,(H,44,51)(H,53,54). The summed E-state index contributed by atoms with van der Waals surface area (Å²) in [4.78, 5) is 46.1. The number of hydrogen-bond donors (Lipinski definition) is 3. The number of thioether (sulfide) groups is 2. The molecule has 0 saturated carbocycles. The fraction of sp³-hybridized carbons (Fsp3) is 0.231. The Bertz CT molecular complexity index is 2400. The minimum atomic E-state index is -4.28. The lowest BCUT2D eigenvalue weighted by atomic mass is 9.89. The Morgan fingerprint density at radius 2 is 1.77 bits per heavy atom. The SMILES string of the molecule is CC1=CC(c2ccc[nH]2)=[N+]2C1=Cc1ccc(CCC(=O)NC3C(=O)N4C(C(=O)O)=C(CSc5ccc(N=Nc6ccc(N(C)C)cc6)cc5)CSC34)n1[B-]2(F)F. The number of azo groups is 1. The Kier molecular flexibility index (Phi) is 9.82. The van der Waals surface area contributed by atoms with Crippen LogP contribution in [-0.2, 0) is 20.8 Å². The first kappa shape index (κ1) is 37.3. The molecule has 286 valence electrons. The van der Waals surface area contributed by atoms with Crippen molar-refractivity contribution >= 4 is 77.1 Å². The molecule has 12 nitrogen and oxygen atoms in total. The van der Waals surface area contributed by atoms with E-state index in [4.69, 9.17) is 0 Å². The summed E-state index contributed by atoms with van der Waals surface area (Å²) >= 11 is 2.83. The van der Waals surface area contributed by atoms with E-state index >= 15 is 8.63 Å². The molecule has 8 rings (SSSR count). The van der Waals surface area contributed by atoms with Gasteiger partial charge in [-0.05, 0) is 97.4 Å². The summed E-state index contributed by atoms with van der Waals surface area (Å²) in [7, 11) is 3.94. The van der Waals surface area contributed by atoms with Crippen LogP contribution in [0.1, 0.15) is 30.4 Å². The smallest absolute Gasteiger partial charge is 0.477 e. The Morgan fingerprint density at radius 1 is 1.05 bits per heavy atom. The number of fused-ring (bicyclic) bond motifs is 3. The molecule has 2 unspecified atom stereocenters. The zero-order valence-corrected chi connectivity index (χ0v) is 32.3. The van der Waals surface area contributed by atoms with E-state index < -0.39 is 36.2 Å². The summed E-state index contributed by atoms with van der Waals surface area (Å²) in [5.74, 6) is -1.49. The zero-order valence-electron chi connectivity index (χ0n) is 30.6. The Balaban J connectivity index is 0.883. The first-order valence-electron chi connectivity index (χ1n) is 17.9. The molecule has 2 amide bonds. The van der Waals surface area contributed by atoms with Gasteiger partial charge in [0.25, 0.3) is 5.91 Å². The molecule has 1 saturated heterocycles. The summed E-state index contributed by atoms with van der Waals surface area (Å²) in [6.45, 7) is -2.48. The first-order chi connectivity index (χ1) is 26.9. The minimum absolute atomic E-state index is 0.0171. The molecule has 1 fully saturated rings. The number of aromatic nitrogens is 2. The third kappa shape index (κ3) is 6.78. The van der Waals surface area contributed by atoms with Crippen molar-refractivity contribution in [3.63, 3.8) is 0 Å². The number of anilines is 1. The molecule has 0 aliphatic carbocycles. The fourth-order valence-corrected chi connectivity index (χ4v) is 9.72. The quantitative estimate of drug-likeness (QED) is 0.0621. The number of carbonyl (C=O) groups excluding carboxylic acids is 2. The number of β-lactam (4-membered cyclic amide) rings is 1. The molecular formula is C39H37BF2N8O4S2. The van der Waals surface area contributed by atoms with E-state index in [0.29, 0.717) is 51.3 Å². The number of H-pyrrole nitrogens is 1. The number of benzene rings is 2. The highest BCUT2D eigenvalue weighted by molar-refractivity contribution is 8.01. The van der Waals surface area contributed by atoms with E-state index in [9.17, 15) is 19.5 Å². The number of nitrogens with one attached hydrogen (secondary N) is 2. The Hall–Kier alpha value is -5.68. The van der Waals surface area contributed by atoms with Gasteiger partial charge in [0.05, 0.1) is 11.4 Å². The number of allylic oxidation sites excluding steroid dienone is 2. The first-order valence-corrected chi connectivity index (χ1v) is 20.0. The second kappa shape index (κ2) is 14.8. The lowest BCUT2D eigenvalue weighted by molar-refractivity contribution is -0.362. The molecule has 56 heavy (non-hydrogen) atoms. The predicted molar refractivity (Wildman–Crippen MR) is 215 cm³/mol. The number of carboxylic acids is 1. The van der Waals surface area contributed by atoms with E-state index in [1.54, 1.807) is 49.5 Å². The second-order valence-corrected chi connectivity index (χ2v) is 16.2. The van der Waals surface area contributed by atoms with E-state index in [0.717, 1.165) is 30.8 Å². The van der Waals surface area contributed by atoms with Crippen LogP contribution in [0.25, 0.3) is 6.08 Å². The van der Waals surface area contributed by atoms with Gasteiger partial charge in [-0.15, -0.1) is 23.5 Å². The normalized spacial score (nSPS) is 19.7. The van der Waals surface area contributed by atoms with Gasteiger partial charge in [-0.25, -0.2) is 4.79 Å².